The lowest BCUT2D eigenvalue weighted by molar-refractivity contribution is -0.159. The number of rotatable bonds is 3. The number of aliphatic carboxylic acids is 2. The first kappa shape index (κ1) is 23.3. The van der Waals surface area contributed by atoms with Crippen molar-refractivity contribution in [3.05, 3.63) is 65.2 Å². The summed E-state index contributed by atoms with van der Waals surface area (Å²) in [6, 6.07) is 19.1. The third-order valence-electron chi connectivity index (χ3n) is 6.08. The minimum absolute atomic E-state index is 0.528. The van der Waals surface area contributed by atoms with Crippen molar-refractivity contribution >= 4 is 11.9 Å². The fraction of sp³-hybridized carbons (Fsp3) is 0.400. The molecule has 2 aliphatic heterocycles. The molecule has 2 N–H and O–H groups in total. The molecule has 1 atom stereocenters. The van der Waals surface area contributed by atoms with Crippen LogP contribution in [0.5, 0.6) is 5.75 Å². The van der Waals surface area contributed by atoms with E-state index in [9.17, 15) is 5.26 Å². The summed E-state index contributed by atoms with van der Waals surface area (Å²) in [5, 5.41) is 25.2. The SMILES string of the molecule is N#CC1(CCN2CCCCCC2)c2ccccc2COc2ccccc21.O=C(O)C(=O)O. The Kier molecular flexibility index (Phi) is 7.85. The van der Waals surface area contributed by atoms with Gasteiger partial charge >= 0.3 is 11.9 Å². The summed E-state index contributed by atoms with van der Waals surface area (Å²) < 4.78 is 6.08. The van der Waals surface area contributed by atoms with E-state index in [1.807, 2.05) is 30.3 Å². The molecule has 0 bridgehead atoms. The van der Waals surface area contributed by atoms with Gasteiger partial charge in [-0.2, -0.15) is 5.26 Å². The van der Waals surface area contributed by atoms with Crippen LogP contribution in [-0.4, -0.2) is 46.7 Å². The van der Waals surface area contributed by atoms with Gasteiger partial charge in [0.2, 0.25) is 0 Å². The van der Waals surface area contributed by atoms with E-state index in [0.717, 1.165) is 48.5 Å². The molecule has 7 heteroatoms. The largest absolute Gasteiger partial charge is 0.489 e. The minimum Gasteiger partial charge on any atom is -0.489 e. The highest BCUT2D eigenvalue weighted by Gasteiger charge is 2.40. The first-order valence-corrected chi connectivity index (χ1v) is 10.9. The van der Waals surface area contributed by atoms with Gasteiger partial charge in [0, 0.05) is 12.1 Å². The average molecular weight is 437 g/mol. The Bertz CT molecular complexity index is 930. The second kappa shape index (κ2) is 10.8. The second-order valence-corrected chi connectivity index (χ2v) is 8.08. The van der Waals surface area contributed by atoms with Gasteiger partial charge in [0.05, 0.1) is 6.07 Å². The topological polar surface area (TPSA) is 111 Å². The molecule has 7 nitrogen and oxygen atoms in total. The predicted octanol–water partition coefficient (Wildman–Crippen LogP) is 3.81. The van der Waals surface area contributed by atoms with Gasteiger partial charge in [-0.1, -0.05) is 55.3 Å². The molecule has 1 fully saturated rings. The number of carbonyl (C=O) groups is 2. The Morgan fingerprint density at radius 2 is 1.53 bits per heavy atom. The van der Waals surface area contributed by atoms with Crippen molar-refractivity contribution in [3.8, 4) is 11.8 Å². The number of hydrogen-bond donors (Lipinski definition) is 2. The fourth-order valence-electron chi connectivity index (χ4n) is 4.44. The predicted molar refractivity (Wildman–Crippen MR) is 118 cm³/mol. The van der Waals surface area contributed by atoms with E-state index in [0.29, 0.717) is 6.61 Å². The number of nitriles is 1. The van der Waals surface area contributed by atoms with Crippen LogP contribution < -0.4 is 4.74 Å². The van der Waals surface area contributed by atoms with Gasteiger partial charge < -0.3 is 19.8 Å². The van der Waals surface area contributed by atoms with E-state index in [1.165, 1.54) is 25.7 Å². The van der Waals surface area contributed by atoms with Crippen LogP contribution in [0.2, 0.25) is 0 Å². The van der Waals surface area contributed by atoms with Gasteiger partial charge in [-0.15, -0.1) is 0 Å². The van der Waals surface area contributed by atoms with Crippen molar-refractivity contribution in [1.82, 2.24) is 4.90 Å². The van der Waals surface area contributed by atoms with E-state index in [4.69, 9.17) is 24.5 Å². The van der Waals surface area contributed by atoms with Crippen molar-refractivity contribution in [3.63, 3.8) is 0 Å². The number of likely N-dealkylation sites (tertiary alicyclic amines) is 1. The normalized spacial score (nSPS) is 20.0. The number of benzene rings is 2. The van der Waals surface area contributed by atoms with E-state index < -0.39 is 17.4 Å². The van der Waals surface area contributed by atoms with Gasteiger partial charge in [-0.05, 0) is 49.5 Å². The molecule has 0 spiro atoms. The highest BCUT2D eigenvalue weighted by molar-refractivity contribution is 6.27. The zero-order valence-electron chi connectivity index (χ0n) is 18.0. The lowest BCUT2D eigenvalue weighted by Gasteiger charge is -2.31. The molecule has 0 amide bonds. The molecule has 1 saturated heterocycles. The average Bonchev–Trinajstić information content (AvgIpc) is 3.15. The molecule has 2 aliphatic rings. The van der Waals surface area contributed by atoms with Crippen molar-refractivity contribution in [2.75, 3.05) is 19.6 Å². The maximum absolute atomic E-state index is 10.4. The van der Waals surface area contributed by atoms with Gasteiger partial charge in [-0.25, -0.2) is 9.59 Å². The van der Waals surface area contributed by atoms with Crippen LogP contribution in [0.4, 0.5) is 0 Å². The number of nitrogens with zero attached hydrogens (tertiary/aromatic N) is 2. The second-order valence-electron chi connectivity index (χ2n) is 8.08. The van der Waals surface area contributed by atoms with Crippen LogP contribution in [-0.2, 0) is 21.6 Å². The monoisotopic (exact) mass is 436 g/mol. The van der Waals surface area contributed by atoms with Crippen molar-refractivity contribution in [2.24, 2.45) is 0 Å². The third-order valence-corrected chi connectivity index (χ3v) is 6.08. The molecule has 4 rings (SSSR count). The number of para-hydroxylation sites is 1. The molecule has 2 aromatic carbocycles. The summed E-state index contributed by atoms with van der Waals surface area (Å²) in [4.78, 5) is 20.7. The third kappa shape index (κ3) is 5.27. The fourth-order valence-corrected chi connectivity index (χ4v) is 4.44. The van der Waals surface area contributed by atoms with Crippen molar-refractivity contribution in [2.45, 2.75) is 44.1 Å². The number of carboxylic acids is 2. The van der Waals surface area contributed by atoms with Crippen LogP contribution in [0, 0.1) is 11.3 Å². The molecule has 2 heterocycles. The number of fused-ring (bicyclic) bond motifs is 2. The zero-order valence-corrected chi connectivity index (χ0v) is 18.0. The molecule has 168 valence electrons. The van der Waals surface area contributed by atoms with Crippen LogP contribution in [0.1, 0.15) is 48.8 Å². The Hall–Kier alpha value is -3.37. The van der Waals surface area contributed by atoms with Gasteiger partial charge in [-0.3, -0.25) is 0 Å². The molecular weight excluding hydrogens is 408 g/mol. The van der Waals surface area contributed by atoms with E-state index in [-0.39, 0.29) is 0 Å². The summed E-state index contributed by atoms with van der Waals surface area (Å²) in [5.41, 5.74) is 2.61. The van der Waals surface area contributed by atoms with Crippen molar-refractivity contribution in [1.29, 1.82) is 5.26 Å². The van der Waals surface area contributed by atoms with Crippen LogP contribution in [0.15, 0.2) is 48.5 Å². The summed E-state index contributed by atoms with van der Waals surface area (Å²) in [7, 11) is 0. The quantitative estimate of drug-likeness (QED) is 0.704. The Labute approximate surface area is 187 Å². The highest BCUT2D eigenvalue weighted by atomic mass is 16.5. The van der Waals surface area contributed by atoms with Crippen molar-refractivity contribution < 1.29 is 24.5 Å². The van der Waals surface area contributed by atoms with Gasteiger partial charge in [0.1, 0.15) is 17.8 Å². The lowest BCUT2D eigenvalue weighted by Crippen LogP contribution is -2.34. The standard InChI is InChI=1S/C23H26N2O.C2H2O4/c24-18-23(13-16-25-14-7-1-2-8-15-25)20-10-4-3-9-19(20)17-26-22-12-6-5-11-21(22)23;3-1(4)2(5)6/h3-6,9-12H,1-2,7-8,13-17H2;(H,3,4)(H,5,6). The van der Waals surface area contributed by atoms with E-state index in [2.05, 4.69) is 29.2 Å². The van der Waals surface area contributed by atoms with E-state index in [1.54, 1.807) is 0 Å². The zero-order chi connectivity index (χ0) is 23.0. The summed E-state index contributed by atoms with van der Waals surface area (Å²) >= 11 is 0. The summed E-state index contributed by atoms with van der Waals surface area (Å²) in [6.45, 7) is 3.79. The first-order valence-electron chi connectivity index (χ1n) is 10.9. The number of ether oxygens (including phenoxy) is 1. The van der Waals surface area contributed by atoms with Gasteiger partial charge in [0.15, 0.2) is 0 Å². The first-order chi connectivity index (χ1) is 15.5. The molecule has 2 aromatic rings. The van der Waals surface area contributed by atoms with E-state index >= 15 is 0 Å². The molecule has 32 heavy (non-hydrogen) atoms. The lowest BCUT2D eigenvalue weighted by atomic mass is 9.71. The number of carboxylic acid groups (broad SMARTS) is 2. The van der Waals surface area contributed by atoms with Crippen LogP contribution in [0.25, 0.3) is 0 Å². The summed E-state index contributed by atoms with van der Waals surface area (Å²) in [6.07, 6.45) is 6.02. The Balaban J connectivity index is 0.000000427. The maximum Gasteiger partial charge on any atom is 0.414 e. The Morgan fingerprint density at radius 3 is 2.16 bits per heavy atom. The Morgan fingerprint density at radius 1 is 0.938 bits per heavy atom. The maximum atomic E-state index is 10.4. The molecule has 1 unspecified atom stereocenters. The molecule has 0 saturated carbocycles. The molecular formula is C25H28N2O5. The van der Waals surface area contributed by atoms with Crippen LogP contribution in [0.3, 0.4) is 0 Å². The number of hydrogen-bond acceptors (Lipinski definition) is 5. The highest BCUT2D eigenvalue weighted by Crippen LogP contribution is 2.44. The molecule has 0 aliphatic carbocycles. The molecule has 0 radical (unpaired) electrons. The van der Waals surface area contributed by atoms with Gasteiger partial charge in [0.25, 0.3) is 0 Å². The minimum atomic E-state index is -1.82. The summed E-state index contributed by atoms with van der Waals surface area (Å²) in [5.74, 6) is -2.80. The van der Waals surface area contributed by atoms with Crippen LogP contribution >= 0.6 is 0 Å². The molecule has 0 aromatic heterocycles. The smallest absolute Gasteiger partial charge is 0.414 e.